The van der Waals surface area contributed by atoms with E-state index in [9.17, 15) is 0 Å². The van der Waals surface area contributed by atoms with E-state index in [1.807, 2.05) is 0 Å². The minimum absolute atomic E-state index is 0.133. The summed E-state index contributed by atoms with van der Waals surface area (Å²) >= 11 is 0. The molecule has 2 fully saturated rings. The van der Waals surface area contributed by atoms with Gasteiger partial charge in [-0.3, -0.25) is 0 Å². The molecule has 2 rings (SSSR count). The molecule has 2 aliphatic rings. The molecule has 69 valence electrons. The van der Waals surface area contributed by atoms with Crippen molar-refractivity contribution in [2.75, 3.05) is 6.61 Å². The van der Waals surface area contributed by atoms with Crippen molar-refractivity contribution >= 4 is 0 Å². The summed E-state index contributed by atoms with van der Waals surface area (Å²) in [6.45, 7) is 5.48. The largest absolute Gasteiger partial charge is 0.375 e. The van der Waals surface area contributed by atoms with Gasteiger partial charge in [-0.1, -0.05) is 0 Å². The van der Waals surface area contributed by atoms with Gasteiger partial charge in [0.1, 0.15) is 0 Å². The third-order valence-electron chi connectivity index (χ3n) is 3.51. The maximum atomic E-state index is 5.88. The van der Waals surface area contributed by atoms with Gasteiger partial charge in [0.2, 0.25) is 0 Å². The monoisotopic (exact) mass is 167 g/mol. The van der Waals surface area contributed by atoms with Crippen LogP contribution in [0.3, 0.4) is 0 Å². The van der Waals surface area contributed by atoms with Crippen LogP contribution in [-0.2, 0) is 4.74 Å². The maximum absolute atomic E-state index is 5.88. The Hall–Kier alpha value is -0.0400. The van der Waals surface area contributed by atoms with E-state index in [4.69, 9.17) is 4.74 Å². The first kappa shape index (κ1) is 8.55. The fraction of sp³-hybridized carbons (Fsp3) is 0.909. The molecule has 0 aromatic heterocycles. The molecule has 1 radical (unpaired) electrons. The molecule has 1 saturated carbocycles. The van der Waals surface area contributed by atoms with Crippen LogP contribution >= 0.6 is 0 Å². The summed E-state index contributed by atoms with van der Waals surface area (Å²) in [6, 6.07) is 0. The van der Waals surface area contributed by atoms with Crippen LogP contribution in [0, 0.1) is 18.3 Å². The number of hydrogen-bond acceptors (Lipinski definition) is 1. The summed E-state index contributed by atoms with van der Waals surface area (Å²) < 4.78 is 5.88. The molecule has 1 nitrogen and oxygen atoms in total. The molecule has 0 unspecified atom stereocenters. The van der Waals surface area contributed by atoms with Crippen LogP contribution in [0.15, 0.2) is 0 Å². The lowest BCUT2D eigenvalue weighted by atomic mass is 9.81. The van der Waals surface area contributed by atoms with Crippen LogP contribution < -0.4 is 0 Å². The first-order valence-corrected chi connectivity index (χ1v) is 5.17. The summed E-state index contributed by atoms with van der Waals surface area (Å²) in [5.41, 5.74) is 0.133. The predicted octanol–water partition coefficient (Wildman–Crippen LogP) is 2.81. The first-order chi connectivity index (χ1) is 5.70. The zero-order valence-corrected chi connectivity index (χ0v) is 8.18. The van der Waals surface area contributed by atoms with Gasteiger partial charge < -0.3 is 4.74 Å². The molecule has 0 amide bonds. The molecular weight excluding hydrogens is 148 g/mol. The Morgan fingerprint density at radius 1 is 1.33 bits per heavy atom. The minimum Gasteiger partial charge on any atom is -0.375 e. The fourth-order valence-corrected chi connectivity index (χ4v) is 2.81. The highest BCUT2D eigenvalue weighted by Gasteiger charge is 2.40. The Kier molecular flexibility index (Phi) is 2.16. The quantitative estimate of drug-likeness (QED) is 0.539. The Bertz CT molecular complexity index is 162. The predicted molar refractivity (Wildman–Crippen MR) is 49.8 cm³/mol. The Morgan fingerprint density at radius 3 is 3.00 bits per heavy atom. The summed E-state index contributed by atoms with van der Waals surface area (Å²) in [5, 5.41) is 0. The van der Waals surface area contributed by atoms with Crippen molar-refractivity contribution in [3.05, 3.63) is 6.42 Å². The van der Waals surface area contributed by atoms with E-state index in [1.54, 1.807) is 0 Å². The molecule has 0 spiro atoms. The van der Waals surface area contributed by atoms with Crippen molar-refractivity contribution in [2.24, 2.45) is 11.8 Å². The highest BCUT2D eigenvalue weighted by Crippen LogP contribution is 2.44. The molecule has 1 heteroatoms. The zero-order chi connectivity index (χ0) is 8.60. The van der Waals surface area contributed by atoms with Gasteiger partial charge in [0, 0.05) is 6.61 Å². The molecule has 1 aliphatic carbocycles. The number of rotatable bonds is 0. The molecule has 0 N–H and O–H groups in total. The topological polar surface area (TPSA) is 9.23 Å². The van der Waals surface area contributed by atoms with Crippen LogP contribution in [0.2, 0.25) is 0 Å². The normalized spacial score (nSPS) is 40.5. The van der Waals surface area contributed by atoms with Crippen LogP contribution in [0.5, 0.6) is 0 Å². The Balaban J connectivity index is 2.13. The van der Waals surface area contributed by atoms with Gasteiger partial charge in [-0.15, -0.1) is 0 Å². The Labute approximate surface area is 75.5 Å². The second kappa shape index (κ2) is 3.02. The molecule has 0 bridgehead atoms. The molecular formula is C11H19O. The highest BCUT2D eigenvalue weighted by atomic mass is 16.5. The van der Waals surface area contributed by atoms with E-state index in [0.29, 0.717) is 0 Å². The van der Waals surface area contributed by atoms with Crippen LogP contribution in [0.4, 0.5) is 0 Å². The van der Waals surface area contributed by atoms with Crippen molar-refractivity contribution in [3.63, 3.8) is 0 Å². The molecule has 1 aliphatic heterocycles. The minimum atomic E-state index is 0.133. The molecule has 0 aromatic rings. The Morgan fingerprint density at radius 2 is 2.17 bits per heavy atom. The van der Waals surface area contributed by atoms with Gasteiger partial charge in [0.25, 0.3) is 0 Å². The number of ether oxygens (including phenoxy) is 1. The van der Waals surface area contributed by atoms with Crippen molar-refractivity contribution in [1.82, 2.24) is 0 Å². The molecule has 1 saturated heterocycles. The summed E-state index contributed by atoms with van der Waals surface area (Å²) in [5.74, 6) is 1.64. The van der Waals surface area contributed by atoms with Gasteiger partial charge in [-0.05, 0) is 57.8 Å². The van der Waals surface area contributed by atoms with Crippen LogP contribution in [-0.4, -0.2) is 12.2 Å². The number of fused-ring (bicyclic) bond motifs is 1. The summed E-state index contributed by atoms with van der Waals surface area (Å²) in [6.07, 6.45) is 7.77. The van der Waals surface area contributed by atoms with Gasteiger partial charge in [0.05, 0.1) is 5.60 Å². The molecule has 1 heterocycles. The first-order valence-electron chi connectivity index (χ1n) is 5.17. The van der Waals surface area contributed by atoms with Gasteiger partial charge >= 0.3 is 0 Å². The lowest BCUT2D eigenvalue weighted by Gasteiger charge is -2.32. The van der Waals surface area contributed by atoms with E-state index in [0.717, 1.165) is 18.4 Å². The van der Waals surface area contributed by atoms with Crippen molar-refractivity contribution in [2.45, 2.75) is 45.1 Å². The second-order valence-corrected chi connectivity index (χ2v) is 4.68. The van der Waals surface area contributed by atoms with Crippen molar-refractivity contribution in [1.29, 1.82) is 0 Å². The van der Waals surface area contributed by atoms with Gasteiger partial charge in [0.15, 0.2) is 0 Å². The zero-order valence-electron chi connectivity index (χ0n) is 8.18. The fourth-order valence-electron chi connectivity index (χ4n) is 2.81. The van der Waals surface area contributed by atoms with E-state index in [-0.39, 0.29) is 5.60 Å². The van der Waals surface area contributed by atoms with Crippen molar-refractivity contribution in [3.8, 4) is 0 Å². The third-order valence-corrected chi connectivity index (χ3v) is 3.51. The van der Waals surface area contributed by atoms with E-state index in [1.165, 1.54) is 25.7 Å². The lowest BCUT2D eigenvalue weighted by molar-refractivity contribution is -0.0532. The summed E-state index contributed by atoms with van der Waals surface area (Å²) in [4.78, 5) is 0. The van der Waals surface area contributed by atoms with Gasteiger partial charge in [-0.25, -0.2) is 0 Å². The summed E-state index contributed by atoms with van der Waals surface area (Å²) in [7, 11) is 0. The van der Waals surface area contributed by atoms with E-state index in [2.05, 4.69) is 20.3 Å². The van der Waals surface area contributed by atoms with Crippen LogP contribution in [0.25, 0.3) is 0 Å². The standard InChI is InChI=1S/C11H19O/c1-11(2)10-7-3-5-9(10)6-4-8-12-11/h5,9-10H,3-4,6-8H2,1-2H3/t9-,10+/m1/s1. The molecule has 0 aromatic carbocycles. The van der Waals surface area contributed by atoms with E-state index >= 15 is 0 Å². The van der Waals surface area contributed by atoms with Gasteiger partial charge in [-0.2, -0.15) is 0 Å². The van der Waals surface area contributed by atoms with E-state index < -0.39 is 0 Å². The lowest BCUT2D eigenvalue weighted by Crippen LogP contribution is -2.34. The third kappa shape index (κ3) is 1.39. The SMILES string of the molecule is CC1(C)OCCC[C@H]2[CH]CC[C@@H]21. The molecule has 12 heavy (non-hydrogen) atoms. The van der Waals surface area contributed by atoms with Crippen molar-refractivity contribution < 1.29 is 4.74 Å². The average Bonchev–Trinajstić information content (AvgIpc) is 2.42. The average molecular weight is 167 g/mol. The maximum Gasteiger partial charge on any atom is 0.0657 e. The van der Waals surface area contributed by atoms with Crippen LogP contribution in [0.1, 0.15) is 39.5 Å². The highest BCUT2D eigenvalue weighted by molar-refractivity contribution is 4.98. The molecule has 2 atom stereocenters. The second-order valence-electron chi connectivity index (χ2n) is 4.68. The smallest absolute Gasteiger partial charge is 0.0657 e. The number of hydrogen-bond donors (Lipinski definition) is 0.